The second-order valence-electron chi connectivity index (χ2n) is 6.19. The molecule has 3 rings (SSSR count). The van der Waals surface area contributed by atoms with Gasteiger partial charge in [-0.25, -0.2) is 4.98 Å². The minimum Gasteiger partial charge on any atom is -0.330 e. The molecule has 0 fully saturated rings. The van der Waals surface area contributed by atoms with Gasteiger partial charge >= 0.3 is 6.18 Å². The first-order chi connectivity index (χ1) is 12.4. The molecule has 26 heavy (non-hydrogen) atoms. The standard InChI is InChI=1S/C20H20F3N3/c1-14-18(13-24-12-15-6-4-3-5-7-15)26(2)19(25-14)16-8-10-17(11-9-16)20(21,22)23/h3-11,24H,12-13H2,1-2H3. The Hall–Kier alpha value is -2.60. The fourth-order valence-corrected chi connectivity index (χ4v) is 2.90. The highest BCUT2D eigenvalue weighted by Crippen LogP contribution is 2.31. The Bertz CT molecular complexity index is 866. The molecule has 2 aromatic carbocycles. The molecule has 6 heteroatoms. The second-order valence-corrected chi connectivity index (χ2v) is 6.19. The number of aromatic nitrogens is 2. The molecule has 1 aromatic heterocycles. The number of rotatable bonds is 5. The molecule has 0 radical (unpaired) electrons. The van der Waals surface area contributed by atoms with Crippen LogP contribution in [0, 0.1) is 6.92 Å². The summed E-state index contributed by atoms with van der Waals surface area (Å²) in [6.45, 7) is 3.28. The molecule has 0 amide bonds. The number of benzene rings is 2. The van der Waals surface area contributed by atoms with Crippen molar-refractivity contribution in [2.75, 3.05) is 0 Å². The summed E-state index contributed by atoms with van der Waals surface area (Å²) in [6.07, 6.45) is -4.33. The minimum atomic E-state index is -4.33. The van der Waals surface area contributed by atoms with Gasteiger partial charge in [0.25, 0.3) is 0 Å². The van der Waals surface area contributed by atoms with Gasteiger partial charge in [0.1, 0.15) is 5.82 Å². The average molecular weight is 359 g/mol. The highest BCUT2D eigenvalue weighted by Gasteiger charge is 2.30. The third-order valence-electron chi connectivity index (χ3n) is 4.35. The van der Waals surface area contributed by atoms with E-state index in [0.29, 0.717) is 17.9 Å². The lowest BCUT2D eigenvalue weighted by Gasteiger charge is -2.10. The molecule has 0 bridgehead atoms. The van der Waals surface area contributed by atoms with E-state index in [1.54, 1.807) is 0 Å². The van der Waals surface area contributed by atoms with Crippen molar-refractivity contribution in [2.24, 2.45) is 7.05 Å². The summed E-state index contributed by atoms with van der Waals surface area (Å²) in [5, 5.41) is 3.38. The van der Waals surface area contributed by atoms with Crippen molar-refractivity contribution in [3.05, 3.63) is 77.1 Å². The summed E-state index contributed by atoms with van der Waals surface area (Å²) >= 11 is 0. The SMILES string of the molecule is Cc1nc(-c2ccc(C(F)(F)F)cc2)n(C)c1CNCc1ccccc1. The normalized spacial score (nSPS) is 11.7. The van der Waals surface area contributed by atoms with Crippen molar-refractivity contribution in [1.29, 1.82) is 0 Å². The molecule has 0 aliphatic carbocycles. The van der Waals surface area contributed by atoms with Crippen molar-refractivity contribution >= 4 is 0 Å². The second kappa shape index (κ2) is 7.33. The van der Waals surface area contributed by atoms with E-state index in [4.69, 9.17) is 0 Å². The van der Waals surface area contributed by atoms with Crippen LogP contribution >= 0.6 is 0 Å². The summed E-state index contributed by atoms with van der Waals surface area (Å²) in [5.74, 6) is 0.660. The fraction of sp³-hybridized carbons (Fsp3) is 0.250. The van der Waals surface area contributed by atoms with Crippen LogP contribution in [0.5, 0.6) is 0 Å². The average Bonchev–Trinajstić information content (AvgIpc) is 2.90. The van der Waals surface area contributed by atoms with E-state index < -0.39 is 11.7 Å². The van der Waals surface area contributed by atoms with Crippen LogP contribution in [0.2, 0.25) is 0 Å². The molecule has 0 spiro atoms. The van der Waals surface area contributed by atoms with Crippen LogP contribution in [0.1, 0.15) is 22.5 Å². The molecule has 3 aromatic rings. The third-order valence-corrected chi connectivity index (χ3v) is 4.35. The monoisotopic (exact) mass is 359 g/mol. The van der Waals surface area contributed by atoms with E-state index in [2.05, 4.69) is 22.4 Å². The first kappa shape index (κ1) is 18.2. The Balaban J connectivity index is 1.75. The van der Waals surface area contributed by atoms with Crippen molar-refractivity contribution < 1.29 is 13.2 Å². The topological polar surface area (TPSA) is 29.9 Å². The number of nitrogens with zero attached hydrogens (tertiary/aromatic N) is 2. The molecule has 0 aliphatic rings. The van der Waals surface area contributed by atoms with Crippen molar-refractivity contribution in [3.8, 4) is 11.4 Å². The van der Waals surface area contributed by atoms with Crippen LogP contribution in [0.25, 0.3) is 11.4 Å². The maximum Gasteiger partial charge on any atom is 0.416 e. The third kappa shape index (κ3) is 3.96. The van der Waals surface area contributed by atoms with Crippen LogP contribution in [0.4, 0.5) is 13.2 Å². The summed E-state index contributed by atoms with van der Waals surface area (Å²) in [4.78, 5) is 4.54. The highest BCUT2D eigenvalue weighted by molar-refractivity contribution is 5.57. The van der Waals surface area contributed by atoms with Gasteiger partial charge in [-0.3, -0.25) is 0 Å². The van der Waals surface area contributed by atoms with Gasteiger partial charge in [-0.1, -0.05) is 42.5 Å². The Morgan fingerprint density at radius 2 is 1.62 bits per heavy atom. The smallest absolute Gasteiger partial charge is 0.330 e. The Labute approximate surface area is 150 Å². The van der Waals surface area contributed by atoms with Gasteiger partial charge in [0.05, 0.1) is 17.0 Å². The maximum atomic E-state index is 12.7. The molecule has 136 valence electrons. The van der Waals surface area contributed by atoms with Gasteiger partial charge in [-0.2, -0.15) is 13.2 Å². The van der Waals surface area contributed by atoms with Gasteiger partial charge in [0.2, 0.25) is 0 Å². The predicted octanol–water partition coefficient (Wildman–Crippen LogP) is 4.70. The van der Waals surface area contributed by atoms with Crippen LogP contribution in [-0.2, 0) is 26.3 Å². The largest absolute Gasteiger partial charge is 0.416 e. The van der Waals surface area contributed by atoms with Crippen molar-refractivity contribution in [1.82, 2.24) is 14.9 Å². The number of imidazole rings is 1. The maximum absolute atomic E-state index is 12.7. The minimum absolute atomic E-state index is 0.630. The van der Waals surface area contributed by atoms with Crippen molar-refractivity contribution in [2.45, 2.75) is 26.2 Å². The van der Waals surface area contributed by atoms with Gasteiger partial charge in [0, 0.05) is 25.7 Å². The Morgan fingerprint density at radius 1 is 0.962 bits per heavy atom. The molecule has 0 aliphatic heterocycles. The first-order valence-electron chi connectivity index (χ1n) is 8.30. The molecule has 0 atom stereocenters. The number of hydrogen-bond acceptors (Lipinski definition) is 2. The van der Waals surface area contributed by atoms with Gasteiger partial charge in [0.15, 0.2) is 0 Å². The zero-order chi connectivity index (χ0) is 18.7. The van der Waals surface area contributed by atoms with Crippen molar-refractivity contribution in [3.63, 3.8) is 0 Å². The molecule has 1 N–H and O–H groups in total. The van der Waals surface area contributed by atoms with E-state index in [0.717, 1.165) is 30.1 Å². The quantitative estimate of drug-likeness (QED) is 0.715. The fourth-order valence-electron chi connectivity index (χ4n) is 2.90. The van der Waals surface area contributed by atoms with E-state index in [-0.39, 0.29) is 0 Å². The molecule has 0 unspecified atom stereocenters. The molecular weight excluding hydrogens is 339 g/mol. The number of halogens is 3. The van der Waals surface area contributed by atoms with Gasteiger partial charge < -0.3 is 9.88 Å². The summed E-state index contributed by atoms with van der Waals surface area (Å²) < 4.78 is 40.1. The lowest BCUT2D eigenvalue weighted by Crippen LogP contribution is -2.15. The molecule has 1 heterocycles. The number of aryl methyl sites for hydroxylation is 1. The summed E-state index contributed by atoms with van der Waals surface area (Å²) in [6, 6.07) is 15.2. The number of hydrogen-bond donors (Lipinski definition) is 1. The summed E-state index contributed by atoms with van der Waals surface area (Å²) in [7, 11) is 1.88. The number of nitrogens with one attached hydrogen (secondary N) is 1. The zero-order valence-electron chi connectivity index (χ0n) is 14.6. The van der Waals surface area contributed by atoms with E-state index in [1.807, 2.05) is 36.7 Å². The van der Waals surface area contributed by atoms with Crippen LogP contribution < -0.4 is 5.32 Å². The van der Waals surface area contributed by atoms with Crippen LogP contribution in [0.3, 0.4) is 0 Å². The van der Waals surface area contributed by atoms with Crippen LogP contribution in [0.15, 0.2) is 54.6 Å². The zero-order valence-corrected chi connectivity index (χ0v) is 14.6. The number of alkyl halides is 3. The first-order valence-corrected chi connectivity index (χ1v) is 8.30. The van der Waals surface area contributed by atoms with E-state index in [1.165, 1.54) is 17.7 Å². The molecule has 0 saturated heterocycles. The van der Waals surface area contributed by atoms with Crippen LogP contribution in [-0.4, -0.2) is 9.55 Å². The highest BCUT2D eigenvalue weighted by atomic mass is 19.4. The van der Waals surface area contributed by atoms with E-state index in [9.17, 15) is 13.2 Å². The van der Waals surface area contributed by atoms with E-state index >= 15 is 0 Å². The molecule has 0 saturated carbocycles. The molecule has 3 nitrogen and oxygen atoms in total. The Kier molecular flexibility index (Phi) is 5.13. The lowest BCUT2D eigenvalue weighted by molar-refractivity contribution is -0.137. The van der Waals surface area contributed by atoms with Gasteiger partial charge in [-0.05, 0) is 24.6 Å². The van der Waals surface area contributed by atoms with Gasteiger partial charge in [-0.15, -0.1) is 0 Å². The summed E-state index contributed by atoms with van der Waals surface area (Å²) in [5.41, 5.74) is 3.07. The predicted molar refractivity (Wildman–Crippen MR) is 95.4 cm³/mol. The lowest BCUT2D eigenvalue weighted by atomic mass is 10.1. The Morgan fingerprint density at radius 3 is 2.23 bits per heavy atom. The molecular formula is C20H20F3N3.